The van der Waals surface area contributed by atoms with Gasteiger partial charge in [0, 0.05) is 25.2 Å². The van der Waals surface area contributed by atoms with Gasteiger partial charge in [-0.1, -0.05) is 13.3 Å². The first kappa shape index (κ1) is 16.1. The van der Waals surface area contributed by atoms with Crippen LogP contribution in [0.4, 0.5) is 0 Å². The van der Waals surface area contributed by atoms with Gasteiger partial charge in [0.05, 0.1) is 5.60 Å². The Morgan fingerprint density at radius 3 is 2.81 bits per heavy atom. The number of hydrogen-bond donors (Lipinski definition) is 1. The van der Waals surface area contributed by atoms with Gasteiger partial charge in [-0.05, 0) is 62.5 Å². The van der Waals surface area contributed by atoms with E-state index in [0.29, 0.717) is 12.1 Å². The van der Waals surface area contributed by atoms with E-state index in [0.717, 1.165) is 19.1 Å². The van der Waals surface area contributed by atoms with Crippen LogP contribution in [0.15, 0.2) is 0 Å². The van der Waals surface area contributed by atoms with Crippen LogP contribution in [-0.4, -0.2) is 53.8 Å². The summed E-state index contributed by atoms with van der Waals surface area (Å²) in [7, 11) is 0. The van der Waals surface area contributed by atoms with Crippen molar-refractivity contribution in [1.82, 2.24) is 4.90 Å². The molecule has 0 amide bonds. The molecule has 1 spiro atoms. The van der Waals surface area contributed by atoms with Crippen LogP contribution in [-0.2, 0) is 4.74 Å². The molecule has 3 saturated heterocycles. The fourth-order valence-electron chi connectivity index (χ4n) is 4.61. The lowest BCUT2D eigenvalue weighted by molar-refractivity contribution is -0.119. The van der Waals surface area contributed by atoms with Gasteiger partial charge in [0.2, 0.25) is 0 Å². The Labute approximate surface area is 134 Å². The molecular formula is C17H32N2OS. The van der Waals surface area contributed by atoms with Gasteiger partial charge >= 0.3 is 0 Å². The second-order valence-electron chi connectivity index (χ2n) is 7.22. The van der Waals surface area contributed by atoms with Gasteiger partial charge in [-0.3, -0.25) is 4.90 Å². The number of hydrogen-bond acceptors (Lipinski definition) is 4. The number of nitrogens with zero attached hydrogens (tertiary/aromatic N) is 1. The monoisotopic (exact) mass is 312 g/mol. The van der Waals surface area contributed by atoms with Crippen molar-refractivity contribution < 1.29 is 4.74 Å². The normalized spacial score (nSPS) is 37.7. The summed E-state index contributed by atoms with van der Waals surface area (Å²) >= 11 is 2.09. The molecule has 3 atom stereocenters. The molecule has 2 N–H and O–H groups in total. The van der Waals surface area contributed by atoms with E-state index < -0.39 is 0 Å². The molecule has 0 bridgehead atoms. The lowest BCUT2D eigenvalue weighted by Crippen LogP contribution is -2.56. The zero-order valence-electron chi connectivity index (χ0n) is 13.6. The van der Waals surface area contributed by atoms with E-state index in [2.05, 4.69) is 23.6 Å². The standard InChI is InChI=1S/C17H32N2OS/c1-2-14-3-7-19(16(11-14)13-18)15-4-8-20-17(12-15)5-9-21-10-6-17/h14-16H,2-13,18H2,1H3. The molecule has 0 aromatic heterocycles. The van der Waals surface area contributed by atoms with Gasteiger partial charge in [-0.15, -0.1) is 0 Å². The van der Waals surface area contributed by atoms with Gasteiger partial charge in [0.15, 0.2) is 0 Å². The Kier molecular flexibility index (Phi) is 5.52. The molecule has 0 aromatic carbocycles. The second kappa shape index (κ2) is 7.20. The van der Waals surface area contributed by atoms with Crippen LogP contribution in [0.25, 0.3) is 0 Å². The van der Waals surface area contributed by atoms with Crippen LogP contribution in [0.5, 0.6) is 0 Å². The van der Waals surface area contributed by atoms with Crippen molar-refractivity contribution in [3.8, 4) is 0 Å². The van der Waals surface area contributed by atoms with Crippen LogP contribution in [0.2, 0.25) is 0 Å². The van der Waals surface area contributed by atoms with E-state index in [4.69, 9.17) is 10.5 Å². The van der Waals surface area contributed by atoms with E-state index in [9.17, 15) is 0 Å². The Morgan fingerprint density at radius 1 is 1.29 bits per heavy atom. The minimum atomic E-state index is 0.203. The van der Waals surface area contributed by atoms with E-state index >= 15 is 0 Å². The molecule has 3 rings (SSSR count). The maximum absolute atomic E-state index is 6.27. The molecule has 0 aliphatic carbocycles. The lowest BCUT2D eigenvalue weighted by atomic mass is 9.81. The maximum atomic E-state index is 6.27. The quantitative estimate of drug-likeness (QED) is 0.870. The van der Waals surface area contributed by atoms with Gasteiger partial charge in [0.25, 0.3) is 0 Å². The van der Waals surface area contributed by atoms with Crippen molar-refractivity contribution in [3.63, 3.8) is 0 Å². The third kappa shape index (κ3) is 3.60. The van der Waals surface area contributed by atoms with Gasteiger partial charge in [-0.25, -0.2) is 0 Å². The number of rotatable bonds is 3. The van der Waals surface area contributed by atoms with Crippen LogP contribution in [0.1, 0.15) is 51.9 Å². The average Bonchev–Trinajstić information content (AvgIpc) is 2.55. The van der Waals surface area contributed by atoms with E-state index in [1.807, 2.05) is 0 Å². The number of likely N-dealkylation sites (tertiary alicyclic amines) is 1. The lowest BCUT2D eigenvalue weighted by Gasteiger charge is -2.50. The first-order valence-electron chi connectivity index (χ1n) is 8.94. The highest BCUT2D eigenvalue weighted by atomic mass is 32.2. The van der Waals surface area contributed by atoms with Crippen LogP contribution in [0, 0.1) is 5.92 Å². The summed E-state index contributed by atoms with van der Waals surface area (Å²) in [6.07, 6.45) is 8.97. The minimum Gasteiger partial charge on any atom is -0.375 e. The SMILES string of the molecule is CCC1CCN(C2CCOC3(CCSCC3)C2)C(CN)C1. The summed E-state index contributed by atoms with van der Waals surface area (Å²) in [6, 6.07) is 1.33. The highest BCUT2D eigenvalue weighted by Crippen LogP contribution is 2.40. The Bertz CT molecular complexity index is 327. The zero-order valence-corrected chi connectivity index (χ0v) is 14.4. The van der Waals surface area contributed by atoms with Gasteiger partial charge in [-0.2, -0.15) is 11.8 Å². The predicted molar refractivity (Wildman–Crippen MR) is 90.8 cm³/mol. The summed E-state index contributed by atoms with van der Waals surface area (Å²) in [5, 5.41) is 0. The molecule has 3 unspecified atom stereocenters. The molecule has 21 heavy (non-hydrogen) atoms. The molecule has 4 heteroatoms. The third-order valence-corrected chi connectivity index (χ3v) is 7.05. The van der Waals surface area contributed by atoms with Crippen molar-refractivity contribution >= 4 is 11.8 Å². The molecular weight excluding hydrogens is 280 g/mol. The summed E-state index contributed by atoms with van der Waals surface area (Å²) in [5.41, 5.74) is 6.31. The maximum Gasteiger partial charge on any atom is 0.0713 e. The molecule has 3 aliphatic rings. The summed E-state index contributed by atoms with van der Waals surface area (Å²) in [5.74, 6) is 3.46. The van der Waals surface area contributed by atoms with Crippen LogP contribution < -0.4 is 5.73 Å². The van der Waals surface area contributed by atoms with Crippen molar-refractivity contribution in [2.24, 2.45) is 11.7 Å². The number of ether oxygens (including phenoxy) is 1. The molecule has 122 valence electrons. The summed E-state index contributed by atoms with van der Waals surface area (Å²) < 4.78 is 6.27. The Morgan fingerprint density at radius 2 is 2.10 bits per heavy atom. The molecule has 3 nitrogen and oxygen atoms in total. The molecule has 0 aromatic rings. The van der Waals surface area contributed by atoms with E-state index in [1.54, 1.807) is 0 Å². The number of thioether (sulfide) groups is 1. The number of piperidine rings is 1. The zero-order chi connectivity index (χ0) is 14.7. The first-order chi connectivity index (χ1) is 10.3. The summed E-state index contributed by atoms with van der Waals surface area (Å²) in [6.45, 7) is 5.38. The molecule has 0 radical (unpaired) electrons. The van der Waals surface area contributed by atoms with Crippen LogP contribution in [0.3, 0.4) is 0 Å². The summed E-state index contributed by atoms with van der Waals surface area (Å²) in [4.78, 5) is 2.76. The molecule has 3 fully saturated rings. The van der Waals surface area contributed by atoms with Crippen molar-refractivity contribution in [3.05, 3.63) is 0 Å². The van der Waals surface area contributed by atoms with E-state index in [-0.39, 0.29) is 5.60 Å². The second-order valence-corrected chi connectivity index (χ2v) is 8.44. The predicted octanol–water partition coefficient (Wildman–Crippen LogP) is 2.88. The van der Waals surface area contributed by atoms with Crippen molar-refractivity contribution in [2.45, 2.75) is 69.6 Å². The Balaban J connectivity index is 1.64. The smallest absolute Gasteiger partial charge is 0.0713 e. The highest BCUT2D eigenvalue weighted by Gasteiger charge is 2.42. The first-order valence-corrected chi connectivity index (χ1v) is 10.1. The largest absolute Gasteiger partial charge is 0.375 e. The molecule has 3 heterocycles. The Hall–Kier alpha value is 0.230. The highest BCUT2D eigenvalue weighted by molar-refractivity contribution is 7.99. The van der Waals surface area contributed by atoms with Gasteiger partial charge in [0.1, 0.15) is 0 Å². The molecule has 0 saturated carbocycles. The van der Waals surface area contributed by atoms with Crippen molar-refractivity contribution in [2.75, 3.05) is 31.2 Å². The van der Waals surface area contributed by atoms with E-state index in [1.165, 1.54) is 63.0 Å². The topological polar surface area (TPSA) is 38.5 Å². The fourth-order valence-corrected chi connectivity index (χ4v) is 5.85. The van der Waals surface area contributed by atoms with Crippen LogP contribution >= 0.6 is 11.8 Å². The third-order valence-electron chi connectivity index (χ3n) is 6.06. The minimum absolute atomic E-state index is 0.203. The molecule has 3 aliphatic heterocycles. The number of nitrogens with two attached hydrogens (primary N) is 1. The van der Waals surface area contributed by atoms with Crippen molar-refractivity contribution in [1.29, 1.82) is 0 Å². The average molecular weight is 313 g/mol. The fraction of sp³-hybridized carbons (Fsp3) is 1.00. The van der Waals surface area contributed by atoms with Gasteiger partial charge < -0.3 is 10.5 Å².